The third kappa shape index (κ3) is 4.82. The van der Waals surface area contributed by atoms with E-state index in [-0.39, 0.29) is 4.90 Å². The van der Waals surface area contributed by atoms with E-state index in [0.717, 1.165) is 12.0 Å². The highest BCUT2D eigenvalue weighted by Crippen LogP contribution is 2.22. The van der Waals surface area contributed by atoms with Crippen LogP contribution in [0.2, 0.25) is 0 Å². The molecule has 0 aliphatic carbocycles. The second kappa shape index (κ2) is 8.16. The van der Waals surface area contributed by atoms with Crippen molar-refractivity contribution in [3.05, 3.63) is 59.7 Å². The molecular formula is C19H23NO4S. The van der Waals surface area contributed by atoms with Gasteiger partial charge in [0, 0.05) is 5.69 Å². The molecule has 0 fully saturated rings. The molecule has 25 heavy (non-hydrogen) atoms. The standard InChI is InChI=1S/C19H23NO4S/c1-4-14(3)15-8-12-18(13-9-15)25(22,23)20-17-10-6-16(7-11-17)19(21)24-5-2/h6-14,20H,4-5H2,1-3H3/t14-/m1/s1. The number of rotatable bonds is 7. The van der Waals surface area contributed by atoms with Crippen molar-refractivity contribution in [1.29, 1.82) is 0 Å². The Morgan fingerprint density at radius 3 is 2.16 bits per heavy atom. The Hall–Kier alpha value is -2.34. The minimum atomic E-state index is -3.67. The Morgan fingerprint density at radius 2 is 1.64 bits per heavy atom. The summed E-state index contributed by atoms with van der Waals surface area (Å²) < 4.78 is 32.4. The van der Waals surface area contributed by atoms with Gasteiger partial charge in [-0.3, -0.25) is 4.72 Å². The summed E-state index contributed by atoms with van der Waals surface area (Å²) in [6.45, 7) is 6.22. The lowest BCUT2D eigenvalue weighted by molar-refractivity contribution is 0.0526. The summed E-state index contributed by atoms with van der Waals surface area (Å²) in [7, 11) is -3.67. The Balaban J connectivity index is 2.14. The molecule has 134 valence electrons. The summed E-state index contributed by atoms with van der Waals surface area (Å²) in [6, 6.07) is 13.0. The fraction of sp³-hybridized carbons (Fsp3) is 0.316. The summed E-state index contributed by atoms with van der Waals surface area (Å²) in [5, 5.41) is 0. The van der Waals surface area contributed by atoms with Crippen LogP contribution in [0.3, 0.4) is 0 Å². The third-order valence-electron chi connectivity index (χ3n) is 4.02. The summed E-state index contributed by atoms with van der Waals surface area (Å²) in [5.74, 6) is -0.0438. The molecule has 0 spiro atoms. The molecular weight excluding hydrogens is 338 g/mol. The number of hydrogen-bond acceptors (Lipinski definition) is 4. The zero-order chi connectivity index (χ0) is 18.4. The Kier molecular flexibility index (Phi) is 6.20. The molecule has 5 nitrogen and oxygen atoms in total. The van der Waals surface area contributed by atoms with Gasteiger partial charge in [-0.2, -0.15) is 0 Å². The summed E-state index contributed by atoms with van der Waals surface area (Å²) in [4.78, 5) is 11.8. The fourth-order valence-corrected chi connectivity index (χ4v) is 3.37. The first-order chi connectivity index (χ1) is 11.9. The highest BCUT2D eigenvalue weighted by Gasteiger charge is 2.15. The van der Waals surface area contributed by atoms with E-state index in [1.807, 2.05) is 12.1 Å². The van der Waals surface area contributed by atoms with E-state index in [0.29, 0.717) is 23.8 Å². The second-order valence-corrected chi connectivity index (χ2v) is 7.46. The predicted molar refractivity (Wildman–Crippen MR) is 98.4 cm³/mol. The van der Waals surface area contributed by atoms with Crippen LogP contribution in [-0.2, 0) is 14.8 Å². The van der Waals surface area contributed by atoms with Gasteiger partial charge in [0.15, 0.2) is 0 Å². The summed E-state index contributed by atoms with van der Waals surface area (Å²) in [5.41, 5.74) is 1.88. The van der Waals surface area contributed by atoms with Crippen LogP contribution in [-0.4, -0.2) is 21.0 Å². The van der Waals surface area contributed by atoms with Crippen molar-refractivity contribution in [3.63, 3.8) is 0 Å². The molecule has 2 aromatic carbocycles. The molecule has 0 unspecified atom stereocenters. The van der Waals surface area contributed by atoms with Gasteiger partial charge in [0.05, 0.1) is 17.1 Å². The van der Waals surface area contributed by atoms with Crippen molar-refractivity contribution in [3.8, 4) is 0 Å². The lowest BCUT2D eigenvalue weighted by Gasteiger charge is -2.11. The molecule has 0 heterocycles. The van der Waals surface area contributed by atoms with Crippen LogP contribution < -0.4 is 4.72 Å². The molecule has 0 saturated heterocycles. The minimum Gasteiger partial charge on any atom is -0.462 e. The largest absolute Gasteiger partial charge is 0.462 e. The minimum absolute atomic E-state index is 0.203. The fourth-order valence-electron chi connectivity index (χ4n) is 2.31. The third-order valence-corrected chi connectivity index (χ3v) is 5.42. The van der Waals surface area contributed by atoms with Crippen molar-refractivity contribution < 1.29 is 17.9 Å². The maximum Gasteiger partial charge on any atom is 0.338 e. The maximum atomic E-state index is 12.5. The number of nitrogens with one attached hydrogen (secondary N) is 1. The second-order valence-electron chi connectivity index (χ2n) is 5.78. The summed E-state index contributed by atoms with van der Waals surface area (Å²) in [6.07, 6.45) is 0.997. The smallest absolute Gasteiger partial charge is 0.338 e. The van der Waals surface area contributed by atoms with Crippen molar-refractivity contribution in [2.24, 2.45) is 0 Å². The van der Waals surface area contributed by atoms with Crippen LogP contribution in [0.25, 0.3) is 0 Å². The van der Waals surface area contributed by atoms with Gasteiger partial charge in [-0.25, -0.2) is 13.2 Å². The number of benzene rings is 2. The van der Waals surface area contributed by atoms with Gasteiger partial charge in [0.1, 0.15) is 0 Å². The van der Waals surface area contributed by atoms with Gasteiger partial charge in [-0.15, -0.1) is 0 Å². The van der Waals surface area contributed by atoms with Crippen LogP contribution in [0.5, 0.6) is 0 Å². The Morgan fingerprint density at radius 1 is 1.04 bits per heavy atom. The number of anilines is 1. The number of sulfonamides is 1. The molecule has 0 aliphatic rings. The molecule has 1 N–H and O–H groups in total. The molecule has 2 aromatic rings. The average molecular weight is 361 g/mol. The van der Waals surface area contributed by atoms with Crippen LogP contribution >= 0.6 is 0 Å². The van der Waals surface area contributed by atoms with Crippen LogP contribution in [0.4, 0.5) is 5.69 Å². The Labute approximate surface area is 149 Å². The average Bonchev–Trinajstić information content (AvgIpc) is 2.61. The highest BCUT2D eigenvalue weighted by molar-refractivity contribution is 7.92. The van der Waals surface area contributed by atoms with Crippen LogP contribution in [0.15, 0.2) is 53.4 Å². The van der Waals surface area contributed by atoms with E-state index in [1.165, 1.54) is 24.3 Å². The van der Waals surface area contributed by atoms with Gasteiger partial charge in [0.2, 0.25) is 0 Å². The molecule has 2 rings (SSSR count). The lowest BCUT2D eigenvalue weighted by Crippen LogP contribution is -2.13. The molecule has 0 aliphatic heterocycles. The van der Waals surface area contributed by atoms with E-state index < -0.39 is 16.0 Å². The molecule has 1 atom stereocenters. The van der Waals surface area contributed by atoms with Gasteiger partial charge in [-0.05, 0) is 61.2 Å². The Bertz CT molecular complexity index is 812. The van der Waals surface area contributed by atoms with Crippen molar-refractivity contribution in [2.75, 3.05) is 11.3 Å². The molecule has 0 bridgehead atoms. The predicted octanol–water partition coefficient (Wildman–Crippen LogP) is 4.18. The first kappa shape index (κ1) is 19.0. The quantitative estimate of drug-likeness (QED) is 0.751. The van der Waals surface area contributed by atoms with Crippen molar-refractivity contribution in [1.82, 2.24) is 0 Å². The highest BCUT2D eigenvalue weighted by atomic mass is 32.2. The maximum absolute atomic E-state index is 12.5. The van der Waals surface area contributed by atoms with Crippen LogP contribution in [0.1, 0.15) is 49.0 Å². The van der Waals surface area contributed by atoms with Gasteiger partial charge < -0.3 is 4.74 Å². The zero-order valence-electron chi connectivity index (χ0n) is 14.7. The van der Waals surface area contributed by atoms with E-state index >= 15 is 0 Å². The molecule has 0 radical (unpaired) electrons. The van der Waals surface area contributed by atoms with E-state index in [2.05, 4.69) is 18.6 Å². The molecule has 0 amide bonds. The number of carbonyl (C=O) groups excluding carboxylic acids is 1. The van der Waals surface area contributed by atoms with E-state index in [9.17, 15) is 13.2 Å². The van der Waals surface area contributed by atoms with E-state index in [4.69, 9.17) is 4.74 Å². The molecule has 6 heteroatoms. The topological polar surface area (TPSA) is 72.5 Å². The van der Waals surface area contributed by atoms with Crippen molar-refractivity contribution >= 4 is 21.7 Å². The van der Waals surface area contributed by atoms with Gasteiger partial charge in [0.25, 0.3) is 10.0 Å². The number of esters is 1. The normalized spacial score (nSPS) is 12.4. The first-order valence-electron chi connectivity index (χ1n) is 8.27. The molecule has 0 aromatic heterocycles. The number of ether oxygens (including phenoxy) is 1. The first-order valence-corrected chi connectivity index (χ1v) is 9.75. The number of hydrogen-bond donors (Lipinski definition) is 1. The van der Waals surface area contributed by atoms with E-state index in [1.54, 1.807) is 19.1 Å². The SMILES string of the molecule is CCOC(=O)c1ccc(NS(=O)(=O)c2ccc([C@H](C)CC)cc2)cc1. The van der Waals surface area contributed by atoms with Crippen LogP contribution in [0, 0.1) is 0 Å². The lowest BCUT2D eigenvalue weighted by atomic mass is 9.99. The molecule has 0 saturated carbocycles. The zero-order valence-corrected chi connectivity index (χ0v) is 15.5. The van der Waals surface area contributed by atoms with Crippen molar-refractivity contribution in [2.45, 2.75) is 38.0 Å². The van der Waals surface area contributed by atoms with Gasteiger partial charge in [-0.1, -0.05) is 26.0 Å². The monoisotopic (exact) mass is 361 g/mol. The summed E-state index contributed by atoms with van der Waals surface area (Å²) >= 11 is 0. The van der Waals surface area contributed by atoms with Gasteiger partial charge >= 0.3 is 5.97 Å². The number of carbonyl (C=O) groups is 1.